The van der Waals surface area contributed by atoms with E-state index in [2.05, 4.69) is 46.0 Å². The van der Waals surface area contributed by atoms with Gasteiger partial charge in [-0.05, 0) is 18.1 Å². The quantitative estimate of drug-likeness (QED) is 0.741. The molecule has 2 aromatic rings. The Morgan fingerprint density at radius 3 is 2.93 bits per heavy atom. The summed E-state index contributed by atoms with van der Waals surface area (Å²) in [4.78, 5) is 4.04. The maximum absolute atomic E-state index is 4.04. The minimum absolute atomic E-state index is 0.876. The van der Waals surface area contributed by atoms with Gasteiger partial charge in [0.05, 0.1) is 6.33 Å². The molecule has 0 atom stereocenters. The van der Waals surface area contributed by atoms with Crippen LogP contribution in [0.15, 0.2) is 49.1 Å². The Kier molecular flexibility index (Phi) is 2.98. The van der Waals surface area contributed by atoms with Gasteiger partial charge >= 0.3 is 0 Å². The summed E-state index contributed by atoms with van der Waals surface area (Å²) < 4.78 is 2.07. The van der Waals surface area contributed by atoms with Crippen LogP contribution in [0.3, 0.4) is 0 Å². The lowest BCUT2D eigenvalue weighted by atomic mass is 10.1. The number of hydrogen-bond acceptors (Lipinski definition) is 1. The van der Waals surface area contributed by atoms with Gasteiger partial charge in [0.2, 0.25) is 0 Å². The summed E-state index contributed by atoms with van der Waals surface area (Å²) in [6.45, 7) is 2.91. The Bertz CT molecular complexity index is 441. The molecule has 0 N–H and O–H groups in total. The van der Waals surface area contributed by atoms with Crippen LogP contribution in [-0.2, 0) is 6.54 Å². The highest BCUT2D eigenvalue weighted by molar-refractivity contribution is 5.53. The molecule has 0 aliphatic rings. The Balaban J connectivity index is 2.27. The van der Waals surface area contributed by atoms with Crippen molar-refractivity contribution >= 4 is 6.08 Å². The zero-order chi connectivity index (χ0) is 10.5. The molecule has 76 valence electrons. The van der Waals surface area contributed by atoms with Gasteiger partial charge in [-0.1, -0.05) is 36.4 Å². The summed E-state index contributed by atoms with van der Waals surface area (Å²) in [6.07, 6.45) is 9.82. The minimum Gasteiger partial charge on any atom is -0.333 e. The fourth-order valence-corrected chi connectivity index (χ4v) is 1.60. The third-order valence-corrected chi connectivity index (χ3v) is 2.31. The van der Waals surface area contributed by atoms with E-state index in [9.17, 15) is 0 Å². The zero-order valence-electron chi connectivity index (χ0n) is 8.80. The van der Waals surface area contributed by atoms with Crippen LogP contribution in [0.2, 0.25) is 0 Å². The first kappa shape index (κ1) is 9.71. The zero-order valence-corrected chi connectivity index (χ0v) is 8.80. The van der Waals surface area contributed by atoms with Crippen LogP contribution < -0.4 is 0 Å². The maximum Gasteiger partial charge on any atom is 0.0949 e. The molecule has 0 saturated heterocycles. The first-order chi connectivity index (χ1) is 7.40. The van der Waals surface area contributed by atoms with E-state index in [1.54, 1.807) is 6.20 Å². The molecule has 2 rings (SSSR count). The van der Waals surface area contributed by atoms with Crippen molar-refractivity contribution in [3.05, 3.63) is 60.2 Å². The molecular formula is C13H14N2. The van der Waals surface area contributed by atoms with Crippen molar-refractivity contribution in [3.8, 4) is 0 Å². The number of hydrogen-bond donors (Lipinski definition) is 0. The fraction of sp³-hybridized carbons (Fsp3) is 0.154. The van der Waals surface area contributed by atoms with Gasteiger partial charge in [-0.2, -0.15) is 0 Å². The maximum atomic E-state index is 4.04. The number of aromatic nitrogens is 2. The lowest BCUT2D eigenvalue weighted by molar-refractivity contribution is 0.796. The van der Waals surface area contributed by atoms with Crippen LogP contribution in [0.1, 0.15) is 18.1 Å². The topological polar surface area (TPSA) is 17.8 Å². The van der Waals surface area contributed by atoms with Gasteiger partial charge in [-0.25, -0.2) is 4.98 Å². The van der Waals surface area contributed by atoms with Gasteiger partial charge in [-0.15, -0.1) is 0 Å². The molecule has 1 aromatic carbocycles. The summed E-state index contributed by atoms with van der Waals surface area (Å²) in [5.74, 6) is 0. The number of imidazole rings is 1. The van der Waals surface area contributed by atoms with Gasteiger partial charge < -0.3 is 4.57 Å². The summed E-state index contributed by atoms with van der Waals surface area (Å²) in [7, 11) is 0. The molecule has 0 radical (unpaired) electrons. The lowest BCUT2D eigenvalue weighted by Crippen LogP contribution is -1.98. The predicted octanol–water partition coefficient (Wildman–Crippen LogP) is 2.96. The number of benzene rings is 1. The van der Waals surface area contributed by atoms with E-state index in [1.807, 2.05) is 19.4 Å². The summed E-state index contributed by atoms with van der Waals surface area (Å²) in [6, 6.07) is 8.41. The predicted molar refractivity (Wildman–Crippen MR) is 62.5 cm³/mol. The van der Waals surface area contributed by atoms with Gasteiger partial charge in [-0.3, -0.25) is 0 Å². The molecule has 0 aliphatic heterocycles. The van der Waals surface area contributed by atoms with Crippen LogP contribution in [0.5, 0.6) is 0 Å². The number of rotatable bonds is 3. The number of allylic oxidation sites excluding steroid dienone is 1. The van der Waals surface area contributed by atoms with Crippen molar-refractivity contribution in [2.24, 2.45) is 0 Å². The first-order valence-electron chi connectivity index (χ1n) is 5.06. The van der Waals surface area contributed by atoms with Gasteiger partial charge in [0.25, 0.3) is 0 Å². The second-order valence-corrected chi connectivity index (χ2v) is 3.43. The Morgan fingerprint density at radius 2 is 2.20 bits per heavy atom. The monoisotopic (exact) mass is 198 g/mol. The van der Waals surface area contributed by atoms with Gasteiger partial charge in [0.1, 0.15) is 0 Å². The normalized spacial score (nSPS) is 11.0. The van der Waals surface area contributed by atoms with Gasteiger partial charge in [0.15, 0.2) is 0 Å². The van der Waals surface area contributed by atoms with E-state index in [0.29, 0.717) is 0 Å². The average Bonchev–Trinajstić information content (AvgIpc) is 2.74. The molecule has 2 nitrogen and oxygen atoms in total. The summed E-state index contributed by atoms with van der Waals surface area (Å²) >= 11 is 0. The first-order valence-corrected chi connectivity index (χ1v) is 5.06. The third-order valence-electron chi connectivity index (χ3n) is 2.31. The van der Waals surface area contributed by atoms with Crippen molar-refractivity contribution in [1.29, 1.82) is 0 Å². The largest absolute Gasteiger partial charge is 0.333 e. The van der Waals surface area contributed by atoms with Crippen molar-refractivity contribution in [3.63, 3.8) is 0 Å². The highest BCUT2D eigenvalue weighted by Crippen LogP contribution is 2.12. The Morgan fingerprint density at radius 1 is 1.33 bits per heavy atom. The van der Waals surface area contributed by atoms with Crippen LogP contribution in [0.25, 0.3) is 6.08 Å². The molecule has 0 fully saturated rings. The SMILES string of the molecule is C/C=C/c1ccccc1Cn1ccnc1. The van der Waals surface area contributed by atoms with Crippen LogP contribution >= 0.6 is 0 Å². The van der Waals surface area contributed by atoms with E-state index in [-0.39, 0.29) is 0 Å². The smallest absolute Gasteiger partial charge is 0.0949 e. The average molecular weight is 198 g/mol. The molecule has 2 heteroatoms. The Hall–Kier alpha value is -1.83. The second kappa shape index (κ2) is 4.60. The van der Waals surface area contributed by atoms with Crippen molar-refractivity contribution in [2.75, 3.05) is 0 Å². The van der Waals surface area contributed by atoms with E-state index >= 15 is 0 Å². The molecule has 0 aliphatic carbocycles. The van der Waals surface area contributed by atoms with E-state index in [4.69, 9.17) is 0 Å². The second-order valence-electron chi connectivity index (χ2n) is 3.43. The molecular weight excluding hydrogens is 184 g/mol. The van der Waals surface area contributed by atoms with Crippen molar-refractivity contribution in [2.45, 2.75) is 13.5 Å². The molecule has 0 spiro atoms. The van der Waals surface area contributed by atoms with Gasteiger partial charge in [0, 0.05) is 18.9 Å². The van der Waals surface area contributed by atoms with Crippen LogP contribution in [0, 0.1) is 0 Å². The van der Waals surface area contributed by atoms with E-state index < -0.39 is 0 Å². The van der Waals surface area contributed by atoms with Crippen LogP contribution in [-0.4, -0.2) is 9.55 Å². The molecule has 1 aromatic heterocycles. The summed E-state index contributed by atoms with van der Waals surface area (Å²) in [5, 5.41) is 0. The van der Waals surface area contributed by atoms with E-state index in [0.717, 1.165) is 6.54 Å². The molecule has 0 bridgehead atoms. The van der Waals surface area contributed by atoms with Crippen molar-refractivity contribution in [1.82, 2.24) is 9.55 Å². The number of nitrogens with zero attached hydrogens (tertiary/aromatic N) is 2. The standard InChI is InChI=1S/C13H14N2/c1-2-5-12-6-3-4-7-13(12)10-15-9-8-14-11-15/h2-9,11H,10H2,1H3/b5-2+. The highest BCUT2D eigenvalue weighted by atomic mass is 15.0. The van der Waals surface area contributed by atoms with E-state index in [1.165, 1.54) is 11.1 Å². The fourth-order valence-electron chi connectivity index (χ4n) is 1.60. The third kappa shape index (κ3) is 2.34. The molecule has 1 heterocycles. The van der Waals surface area contributed by atoms with Crippen LogP contribution in [0.4, 0.5) is 0 Å². The molecule has 0 unspecified atom stereocenters. The van der Waals surface area contributed by atoms with Crippen molar-refractivity contribution < 1.29 is 0 Å². The lowest BCUT2D eigenvalue weighted by Gasteiger charge is -2.06. The Labute approximate surface area is 89.9 Å². The molecule has 0 saturated carbocycles. The minimum atomic E-state index is 0.876. The molecule has 15 heavy (non-hydrogen) atoms. The highest BCUT2D eigenvalue weighted by Gasteiger charge is 1.98. The molecule has 0 amide bonds. The summed E-state index contributed by atoms with van der Waals surface area (Å²) in [5.41, 5.74) is 2.59.